The Hall–Kier alpha value is -2.42. The summed E-state index contributed by atoms with van der Waals surface area (Å²) in [4.78, 5) is 9.77. The highest BCUT2D eigenvalue weighted by atomic mass is 16.5. The van der Waals surface area contributed by atoms with Crippen LogP contribution < -0.4 is 0 Å². The number of ether oxygens (including phenoxy) is 1. The maximum Gasteiger partial charge on any atom is 0.235 e. The molecule has 1 heterocycles. The van der Waals surface area contributed by atoms with Crippen LogP contribution in [0.4, 0.5) is 5.69 Å². The number of para-hydroxylation sites is 1. The van der Waals surface area contributed by atoms with Crippen LogP contribution in [0.1, 0.15) is 62.6 Å². The first-order valence-electron chi connectivity index (χ1n) is 9.52. The second-order valence-electron chi connectivity index (χ2n) is 7.31. The van der Waals surface area contributed by atoms with Crippen molar-refractivity contribution in [3.05, 3.63) is 65.2 Å². The van der Waals surface area contributed by atoms with Crippen LogP contribution >= 0.6 is 0 Å². The van der Waals surface area contributed by atoms with Gasteiger partial charge in [0.2, 0.25) is 5.90 Å². The number of rotatable bonds is 5. The van der Waals surface area contributed by atoms with Crippen molar-refractivity contribution in [3.8, 4) is 0 Å². The van der Waals surface area contributed by atoms with Crippen LogP contribution in [0.15, 0.2) is 58.5 Å². The van der Waals surface area contributed by atoms with Gasteiger partial charge in [-0.15, -0.1) is 0 Å². The fraction of sp³-hybridized carbons (Fsp3) is 0.391. The van der Waals surface area contributed by atoms with Gasteiger partial charge in [-0.1, -0.05) is 76.2 Å². The molecule has 3 nitrogen and oxygen atoms in total. The van der Waals surface area contributed by atoms with Crippen molar-refractivity contribution in [3.63, 3.8) is 0 Å². The summed E-state index contributed by atoms with van der Waals surface area (Å²) in [6, 6.07) is 16.7. The number of aliphatic imine (C=N–C) groups is 2. The van der Waals surface area contributed by atoms with Crippen LogP contribution in [0.3, 0.4) is 0 Å². The van der Waals surface area contributed by atoms with E-state index in [4.69, 9.17) is 9.73 Å². The highest BCUT2D eigenvalue weighted by Crippen LogP contribution is 2.35. The Kier molecular flexibility index (Phi) is 5.87. The van der Waals surface area contributed by atoms with Gasteiger partial charge in [-0.3, -0.25) is 0 Å². The van der Waals surface area contributed by atoms with Crippen molar-refractivity contribution in [1.29, 1.82) is 0 Å². The number of hydrogen-bond acceptors (Lipinski definition) is 3. The summed E-state index contributed by atoms with van der Waals surface area (Å²) in [5.41, 5.74) is 5.47. The molecule has 1 aliphatic heterocycles. The first-order valence-corrected chi connectivity index (χ1v) is 9.52. The molecule has 2 aromatic rings. The van der Waals surface area contributed by atoms with Crippen LogP contribution in [0.25, 0.3) is 0 Å². The van der Waals surface area contributed by atoms with Gasteiger partial charge in [0.15, 0.2) is 0 Å². The van der Waals surface area contributed by atoms with E-state index < -0.39 is 0 Å². The zero-order valence-corrected chi connectivity index (χ0v) is 16.2. The van der Waals surface area contributed by atoms with Gasteiger partial charge in [0, 0.05) is 18.5 Å². The van der Waals surface area contributed by atoms with Gasteiger partial charge in [-0.05, 0) is 23.0 Å². The summed E-state index contributed by atoms with van der Waals surface area (Å²) in [7, 11) is 0. The normalized spacial score (nSPS) is 15.2. The van der Waals surface area contributed by atoms with Gasteiger partial charge in [-0.2, -0.15) is 0 Å². The molecule has 0 fully saturated rings. The molecule has 0 bridgehead atoms. The molecule has 3 rings (SSSR count). The first kappa shape index (κ1) is 18.4. The van der Waals surface area contributed by atoms with E-state index >= 15 is 0 Å². The third-order valence-electron chi connectivity index (χ3n) is 4.61. The van der Waals surface area contributed by atoms with Crippen molar-refractivity contribution < 1.29 is 4.74 Å². The molecule has 0 N–H and O–H groups in total. The molecular formula is C23H28N2O. The molecule has 0 amide bonds. The van der Waals surface area contributed by atoms with Gasteiger partial charge < -0.3 is 4.74 Å². The lowest BCUT2D eigenvalue weighted by atomic mass is 9.92. The quantitative estimate of drug-likeness (QED) is 0.622. The molecule has 0 spiro atoms. The highest BCUT2D eigenvalue weighted by Gasteiger charge is 2.19. The van der Waals surface area contributed by atoms with Crippen LogP contribution in [0.2, 0.25) is 0 Å². The lowest BCUT2D eigenvalue weighted by Gasteiger charge is -2.20. The van der Waals surface area contributed by atoms with E-state index in [0.29, 0.717) is 24.3 Å². The predicted octanol–water partition coefficient (Wildman–Crippen LogP) is 5.87. The maximum absolute atomic E-state index is 5.89. The van der Waals surface area contributed by atoms with Gasteiger partial charge in [0.1, 0.15) is 5.71 Å². The average molecular weight is 348 g/mol. The molecule has 0 saturated heterocycles. The summed E-state index contributed by atoms with van der Waals surface area (Å²) in [6.07, 6.45) is 0.964. The van der Waals surface area contributed by atoms with Crippen molar-refractivity contribution >= 4 is 17.3 Å². The molecule has 0 aromatic heterocycles. The molecule has 0 unspecified atom stereocenters. The average Bonchev–Trinajstić information content (AvgIpc) is 2.67. The van der Waals surface area contributed by atoms with Crippen molar-refractivity contribution in [2.75, 3.05) is 13.2 Å². The van der Waals surface area contributed by atoms with E-state index in [1.54, 1.807) is 0 Å². The highest BCUT2D eigenvalue weighted by molar-refractivity contribution is 6.46. The minimum atomic E-state index is 0.402. The fourth-order valence-corrected chi connectivity index (χ4v) is 3.19. The lowest BCUT2D eigenvalue weighted by Crippen LogP contribution is -2.24. The second-order valence-corrected chi connectivity index (χ2v) is 7.31. The van der Waals surface area contributed by atoms with Crippen molar-refractivity contribution in [2.45, 2.75) is 46.0 Å². The van der Waals surface area contributed by atoms with Crippen LogP contribution in [-0.2, 0) is 4.74 Å². The Labute approximate surface area is 156 Å². The monoisotopic (exact) mass is 348 g/mol. The molecule has 1 aliphatic rings. The smallest absolute Gasteiger partial charge is 0.235 e. The minimum Gasteiger partial charge on any atom is -0.476 e. The number of benzene rings is 2. The maximum atomic E-state index is 5.89. The Morgan fingerprint density at radius 2 is 1.58 bits per heavy atom. The zero-order chi connectivity index (χ0) is 18.5. The van der Waals surface area contributed by atoms with E-state index in [1.807, 2.05) is 18.2 Å². The molecule has 3 heteroatoms. The summed E-state index contributed by atoms with van der Waals surface area (Å²) in [5.74, 6) is 1.47. The third kappa shape index (κ3) is 4.04. The van der Waals surface area contributed by atoms with Crippen LogP contribution in [0, 0.1) is 0 Å². The molecule has 0 atom stereocenters. The predicted molar refractivity (Wildman–Crippen MR) is 110 cm³/mol. The van der Waals surface area contributed by atoms with Crippen LogP contribution in [-0.4, -0.2) is 24.8 Å². The standard InChI is InChI=1S/C23H28N2O/c1-16(2)19-12-8-13-20(17(3)4)22(19)25-21(18-10-6-5-7-11-18)23-24-14-9-15-26-23/h5-8,10-13,16-17H,9,14-15H2,1-4H3/b25-21+. The summed E-state index contributed by atoms with van der Waals surface area (Å²) in [6.45, 7) is 10.4. The Balaban J connectivity index is 2.21. The lowest BCUT2D eigenvalue weighted by molar-refractivity contribution is 0.289. The summed E-state index contributed by atoms with van der Waals surface area (Å²) in [5, 5.41) is 0. The summed E-state index contributed by atoms with van der Waals surface area (Å²) >= 11 is 0. The van der Waals surface area contributed by atoms with Gasteiger partial charge in [0.25, 0.3) is 0 Å². The van der Waals surface area contributed by atoms with Crippen LogP contribution in [0.5, 0.6) is 0 Å². The van der Waals surface area contributed by atoms with E-state index in [-0.39, 0.29) is 0 Å². The van der Waals surface area contributed by atoms with E-state index in [9.17, 15) is 0 Å². The molecule has 136 valence electrons. The van der Waals surface area contributed by atoms with Crippen molar-refractivity contribution in [2.24, 2.45) is 9.98 Å². The Morgan fingerprint density at radius 1 is 0.923 bits per heavy atom. The van der Waals surface area contributed by atoms with Crippen molar-refractivity contribution in [1.82, 2.24) is 0 Å². The van der Waals surface area contributed by atoms with Gasteiger partial charge >= 0.3 is 0 Å². The second kappa shape index (κ2) is 8.31. The number of nitrogens with zero attached hydrogens (tertiary/aromatic N) is 2. The zero-order valence-electron chi connectivity index (χ0n) is 16.2. The SMILES string of the molecule is CC(C)c1cccc(C(C)C)c1/N=C(/C1=NCCCO1)c1ccccc1. The van der Waals surface area contributed by atoms with Gasteiger partial charge in [-0.25, -0.2) is 9.98 Å². The fourth-order valence-electron chi connectivity index (χ4n) is 3.19. The molecule has 0 radical (unpaired) electrons. The molecule has 26 heavy (non-hydrogen) atoms. The third-order valence-corrected chi connectivity index (χ3v) is 4.61. The molecule has 2 aromatic carbocycles. The largest absolute Gasteiger partial charge is 0.476 e. The Bertz CT molecular complexity index is 778. The topological polar surface area (TPSA) is 34.0 Å². The number of hydrogen-bond donors (Lipinski definition) is 0. The van der Waals surface area contributed by atoms with E-state index in [0.717, 1.165) is 29.9 Å². The first-order chi connectivity index (χ1) is 12.6. The van der Waals surface area contributed by atoms with Gasteiger partial charge in [0.05, 0.1) is 12.3 Å². The minimum absolute atomic E-state index is 0.402. The summed E-state index contributed by atoms with van der Waals surface area (Å²) < 4.78 is 5.89. The molecule has 0 saturated carbocycles. The van der Waals surface area contributed by atoms with E-state index in [1.165, 1.54) is 11.1 Å². The van der Waals surface area contributed by atoms with E-state index in [2.05, 4.69) is 63.0 Å². The molecular weight excluding hydrogens is 320 g/mol. The molecule has 0 aliphatic carbocycles. The Morgan fingerprint density at radius 3 is 2.12 bits per heavy atom.